The van der Waals surface area contributed by atoms with Crippen molar-refractivity contribution in [2.45, 2.75) is 46.5 Å². The minimum Gasteiger partial charge on any atom is -0.0696 e. The molecule has 0 radical (unpaired) electrons. The van der Waals surface area contributed by atoms with Crippen LogP contribution in [-0.2, 0) is 0 Å². The molecule has 0 nitrogen and oxygen atoms in total. The van der Waals surface area contributed by atoms with E-state index in [9.17, 15) is 0 Å². The van der Waals surface area contributed by atoms with Gasteiger partial charge in [-0.05, 0) is 59.4 Å². The number of rotatable bonds is 1. The topological polar surface area (TPSA) is 0 Å². The van der Waals surface area contributed by atoms with Crippen molar-refractivity contribution in [2.75, 3.05) is 0 Å². The molecule has 1 saturated carbocycles. The summed E-state index contributed by atoms with van der Waals surface area (Å²) < 4.78 is 0. The van der Waals surface area contributed by atoms with Crippen molar-refractivity contribution in [3.8, 4) is 0 Å². The molecule has 0 N–H and O–H groups in total. The fourth-order valence-corrected chi connectivity index (χ4v) is 3.53. The van der Waals surface area contributed by atoms with Gasteiger partial charge in [0.15, 0.2) is 0 Å². The van der Waals surface area contributed by atoms with E-state index in [-0.39, 0.29) is 0 Å². The fourth-order valence-electron chi connectivity index (χ4n) is 3.53. The van der Waals surface area contributed by atoms with Crippen molar-refractivity contribution >= 4 is 16.8 Å². The normalized spacial score (nSPS) is 19.8. The monoisotopic (exact) mass is 278 g/mol. The zero-order chi connectivity index (χ0) is 14.9. The highest BCUT2D eigenvalue weighted by Gasteiger charge is 2.27. The van der Waals surface area contributed by atoms with Crippen molar-refractivity contribution in [2.24, 2.45) is 11.3 Å². The molecule has 0 aromatic heterocycles. The third kappa shape index (κ3) is 3.37. The highest BCUT2D eigenvalue weighted by Crippen LogP contribution is 2.40. The number of benzene rings is 2. The van der Waals surface area contributed by atoms with Gasteiger partial charge in [-0.2, -0.15) is 0 Å². The summed E-state index contributed by atoms with van der Waals surface area (Å²) >= 11 is 0. The fraction of sp³-hybridized carbons (Fsp3) is 0.429. The van der Waals surface area contributed by atoms with E-state index >= 15 is 0 Å². The highest BCUT2D eigenvalue weighted by atomic mass is 14.3. The standard InChI is InChI=1S/C21H26/c1-21(2,3)20-12-9-16(10-13-20)14-17-8-11-18-6-4-5-7-19(18)15-17/h4-8,11,14-15,20H,9-10,12-13H2,1-3H3. The number of hydrogen-bond donors (Lipinski definition) is 0. The van der Waals surface area contributed by atoms with Crippen LogP contribution in [0.5, 0.6) is 0 Å². The predicted molar refractivity (Wildman–Crippen MR) is 93.3 cm³/mol. The second-order valence-corrected chi connectivity index (χ2v) is 7.55. The van der Waals surface area contributed by atoms with Gasteiger partial charge in [0.05, 0.1) is 0 Å². The molecular formula is C21H26. The smallest absolute Gasteiger partial charge is 0.0178 e. The maximum Gasteiger partial charge on any atom is -0.0178 e. The van der Waals surface area contributed by atoms with Gasteiger partial charge in [0.25, 0.3) is 0 Å². The molecule has 0 heteroatoms. The molecule has 0 heterocycles. The molecule has 1 fully saturated rings. The Balaban J connectivity index is 1.76. The molecule has 0 atom stereocenters. The molecule has 21 heavy (non-hydrogen) atoms. The Morgan fingerprint density at radius 3 is 2.24 bits per heavy atom. The van der Waals surface area contributed by atoms with E-state index in [2.05, 4.69) is 69.3 Å². The Morgan fingerprint density at radius 1 is 0.905 bits per heavy atom. The first-order valence-electron chi connectivity index (χ1n) is 8.21. The van der Waals surface area contributed by atoms with Crippen molar-refractivity contribution in [3.63, 3.8) is 0 Å². The molecule has 3 rings (SSSR count). The summed E-state index contributed by atoms with van der Waals surface area (Å²) in [5, 5.41) is 2.67. The SMILES string of the molecule is CC(C)(C)C1CCC(=Cc2ccc3ccccc3c2)CC1. The largest absolute Gasteiger partial charge is 0.0696 e. The predicted octanol–water partition coefficient (Wildman–Crippen LogP) is 6.46. The van der Waals surface area contributed by atoms with E-state index < -0.39 is 0 Å². The second-order valence-electron chi connectivity index (χ2n) is 7.55. The Labute approximate surface area is 128 Å². The molecule has 2 aromatic rings. The molecule has 0 unspecified atom stereocenters. The van der Waals surface area contributed by atoms with Gasteiger partial charge in [-0.3, -0.25) is 0 Å². The second kappa shape index (κ2) is 5.67. The summed E-state index contributed by atoms with van der Waals surface area (Å²) in [5.74, 6) is 0.881. The Bertz CT molecular complexity index is 645. The summed E-state index contributed by atoms with van der Waals surface area (Å²) in [5.41, 5.74) is 3.46. The quantitative estimate of drug-likeness (QED) is 0.561. The minimum absolute atomic E-state index is 0.467. The first-order valence-corrected chi connectivity index (χ1v) is 8.21. The van der Waals surface area contributed by atoms with Crippen LogP contribution in [0.25, 0.3) is 16.8 Å². The van der Waals surface area contributed by atoms with E-state index in [1.807, 2.05) is 0 Å². The molecule has 0 bridgehead atoms. The number of fused-ring (bicyclic) bond motifs is 1. The Morgan fingerprint density at radius 2 is 1.57 bits per heavy atom. The summed E-state index contributed by atoms with van der Waals surface area (Å²) in [6, 6.07) is 15.4. The molecule has 1 aliphatic carbocycles. The van der Waals surface area contributed by atoms with Gasteiger partial charge in [-0.15, -0.1) is 0 Å². The summed E-state index contributed by atoms with van der Waals surface area (Å²) in [4.78, 5) is 0. The van der Waals surface area contributed by atoms with Crippen LogP contribution in [-0.4, -0.2) is 0 Å². The summed E-state index contributed by atoms with van der Waals surface area (Å²) in [6.45, 7) is 7.15. The van der Waals surface area contributed by atoms with Gasteiger partial charge in [-0.25, -0.2) is 0 Å². The lowest BCUT2D eigenvalue weighted by molar-refractivity contribution is 0.198. The van der Waals surface area contributed by atoms with Gasteiger partial charge in [0.1, 0.15) is 0 Å². The molecule has 1 aliphatic rings. The average Bonchev–Trinajstić information content (AvgIpc) is 2.47. The molecule has 0 amide bonds. The van der Waals surface area contributed by atoms with Gasteiger partial charge >= 0.3 is 0 Å². The maximum atomic E-state index is 2.42. The van der Waals surface area contributed by atoms with Gasteiger partial charge in [0.2, 0.25) is 0 Å². The van der Waals surface area contributed by atoms with Crippen molar-refractivity contribution in [1.29, 1.82) is 0 Å². The lowest BCUT2D eigenvalue weighted by atomic mass is 9.71. The molecule has 2 aromatic carbocycles. The van der Waals surface area contributed by atoms with Crippen LogP contribution in [0, 0.1) is 11.3 Å². The van der Waals surface area contributed by atoms with Crippen LogP contribution >= 0.6 is 0 Å². The number of hydrogen-bond acceptors (Lipinski definition) is 0. The third-order valence-electron chi connectivity index (χ3n) is 5.00. The van der Waals surface area contributed by atoms with Gasteiger partial charge in [-0.1, -0.05) is 68.8 Å². The molecule has 0 saturated heterocycles. The first-order chi connectivity index (χ1) is 10.0. The maximum absolute atomic E-state index is 2.42. The van der Waals surface area contributed by atoms with Crippen molar-refractivity contribution < 1.29 is 0 Å². The van der Waals surface area contributed by atoms with Gasteiger partial charge < -0.3 is 0 Å². The van der Waals surface area contributed by atoms with E-state index in [0.29, 0.717) is 5.41 Å². The van der Waals surface area contributed by atoms with Crippen molar-refractivity contribution in [1.82, 2.24) is 0 Å². The van der Waals surface area contributed by atoms with Crippen LogP contribution in [0.3, 0.4) is 0 Å². The van der Waals surface area contributed by atoms with Crippen LogP contribution < -0.4 is 0 Å². The van der Waals surface area contributed by atoms with E-state index in [4.69, 9.17) is 0 Å². The zero-order valence-electron chi connectivity index (χ0n) is 13.5. The van der Waals surface area contributed by atoms with Crippen LogP contribution in [0.15, 0.2) is 48.0 Å². The minimum atomic E-state index is 0.467. The lowest BCUT2D eigenvalue weighted by Crippen LogP contribution is -2.23. The summed E-state index contributed by atoms with van der Waals surface area (Å²) in [6.07, 6.45) is 7.67. The van der Waals surface area contributed by atoms with Crippen molar-refractivity contribution in [3.05, 3.63) is 53.6 Å². The highest BCUT2D eigenvalue weighted by molar-refractivity contribution is 5.84. The molecule has 0 aliphatic heterocycles. The Hall–Kier alpha value is -1.56. The average molecular weight is 278 g/mol. The zero-order valence-corrected chi connectivity index (χ0v) is 13.5. The first kappa shape index (κ1) is 14.4. The summed E-state index contributed by atoms with van der Waals surface area (Å²) in [7, 11) is 0. The van der Waals surface area contributed by atoms with E-state index in [1.165, 1.54) is 42.0 Å². The van der Waals surface area contributed by atoms with E-state index in [0.717, 1.165) is 5.92 Å². The lowest BCUT2D eigenvalue weighted by Gasteiger charge is -2.34. The van der Waals surface area contributed by atoms with Crippen LogP contribution in [0.1, 0.15) is 52.0 Å². The molecule has 0 spiro atoms. The number of allylic oxidation sites excluding steroid dienone is 1. The van der Waals surface area contributed by atoms with Crippen LogP contribution in [0.2, 0.25) is 0 Å². The van der Waals surface area contributed by atoms with E-state index in [1.54, 1.807) is 5.57 Å². The molecular weight excluding hydrogens is 252 g/mol. The van der Waals surface area contributed by atoms with Crippen LogP contribution in [0.4, 0.5) is 0 Å². The Kier molecular flexibility index (Phi) is 3.89. The van der Waals surface area contributed by atoms with Gasteiger partial charge in [0, 0.05) is 0 Å². The third-order valence-corrected chi connectivity index (χ3v) is 5.00. The molecule has 110 valence electrons.